The number of furan rings is 1. The lowest BCUT2D eigenvalue weighted by Crippen LogP contribution is -1.86. The van der Waals surface area contributed by atoms with Crippen molar-refractivity contribution >= 4 is 16.7 Å². The fourth-order valence-corrected chi connectivity index (χ4v) is 1.74. The number of aromatic nitrogens is 1. The second-order valence-electron chi connectivity index (χ2n) is 3.74. The maximum absolute atomic E-state index is 13.5. The first-order chi connectivity index (χ1) is 8.24. The number of rotatable bonds is 1. The summed E-state index contributed by atoms with van der Waals surface area (Å²) in [4.78, 5) is 4.14. The molecular weight excluding hydrogens is 219 g/mol. The molecule has 0 spiro atoms. The summed E-state index contributed by atoms with van der Waals surface area (Å²) in [6.07, 6.45) is 1.59. The molecule has 0 radical (unpaired) electrons. The van der Waals surface area contributed by atoms with Crippen molar-refractivity contribution in [2.75, 3.05) is 5.73 Å². The van der Waals surface area contributed by atoms with Crippen molar-refractivity contribution in [1.82, 2.24) is 4.98 Å². The van der Waals surface area contributed by atoms with Gasteiger partial charge in [-0.05, 0) is 24.3 Å². The standard InChI is InChI=1S/C13H9FN2O/c14-10-3-1-2-8-6-12(17-13(8)10)11-7-9(15)4-5-16-11/h1-7H,(H2,15,16). The van der Waals surface area contributed by atoms with Crippen LogP contribution in [0.5, 0.6) is 0 Å². The van der Waals surface area contributed by atoms with Crippen LogP contribution in [0.4, 0.5) is 10.1 Å². The van der Waals surface area contributed by atoms with Crippen molar-refractivity contribution in [3.63, 3.8) is 0 Å². The number of halogens is 1. The van der Waals surface area contributed by atoms with Gasteiger partial charge in [-0.15, -0.1) is 0 Å². The summed E-state index contributed by atoms with van der Waals surface area (Å²) in [7, 11) is 0. The van der Waals surface area contributed by atoms with Crippen LogP contribution in [-0.2, 0) is 0 Å². The molecule has 2 heterocycles. The average molecular weight is 228 g/mol. The van der Waals surface area contributed by atoms with E-state index in [4.69, 9.17) is 10.2 Å². The molecule has 0 bridgehead atoms. The Labute approximate surface area is 96.7 Å². The van der Waals surface area contributed by atoms with Gasteiger partial charge in [0.05, 0.1) is 0 Å². The minimum atomic E-state index is -0.377. The van der Waals surface area contributed by atoms with Gasteiger partial charge in [0.2, 0.25) is 0 Å². The first-order valence-electron chi connectivity index (χ1n) is 5.14. The van der Waals surface area contributed by atoms with Crippen LogP contribution in [-0.4, -0.2) is 4.98 Å². The van der Waals surface area contributed by atoms with E-state index in [0.717, 1.165) is 0 Å². The molecule has 0 atom stereocenters. The molecule has 3 nitrogen and oxygen atoms in total. The molecule has 0 saturated carbocycles. The molecule has 0 saturated heterocycles. The smallest absolute Gasteiger partial charge is 0.170 e. The Kier molecular flexibility index (Phi) is 2.08. The van der Waals surface area contributed by atoms with Crippen LogP contribution in [0.2, 0.25) is 0 Å². The molecule has 0 aliphatic heterocycles. The van der Waals surface area contributed by atoms with Gasteiger partial charge in [-0.1, -0.05) is 12.1 Å². The highest BCUT2D eigenvalue weighted by Crippen LogP contribution is 2.28. The Balaban J connectivity index is 2.22. The maximum atomic E-state index is 13.5. The van der Waals surface area contributed by atoms with Crippen LogP contribution in [0.1, 0.15) is 0 Å². The number of benzene rings is 1. The molecule has 17 heavy (non-hydrogen) atoms. The number of hydrogen-bond donors (Lipinski definition) is 1. The minimum Gasteiger partial charge on any atom is -0.451 e. The van der Waals surface area contributed by atoms with E-state index in [9.17, 15) is 4.39 Å². The molecule has 3 rings (SSSR count). The summed E-state index contributed by atoms with van der Waals surface area (Å²) < 4.78 is 18.9. The number of nitrogen functional groups attached to an aromatic ring is 1. The van der Waals surface area contributed by atoms with E-state index < -0.39 is 0 Å². The molecule has 2 N–H and O–H groups in total. The summed E-state index contributed by atoms with van der Waals surface area (Å²) >= 11 is 0. The second kappa shape index (κ2) is 3.59. The molecule has 1 aromatic carbocycles. The number of para-hydroxylation sites is 1. The third-order valence-electron chi connectivity index (χ3n) is 2.53. The van der Waals surface area contributed by atoms with Crippen molar-refractivity contribution in [2.24, 2.45) is 0 Å². The lowest BCUT2D eigenvalue weighted by atomic mass is 10.2. The first-order valence-corrected chi connectivity index (χ1v) is 5.14. The molecule has 0 amide bonds. The maximum Gasteiger partial charge on any atom is 0.170 e. The van der Waals surface area contributed by atoms with Crippen molar-refractivity contribution in [2.45, 2.75) is 0 Å². The molecule has 2 aromatic heterocycles. The van der Waals surface area contributed by atoms with Crippen molar-refractivity contribution in [3.8, 4) is 11.5 Å². The number of nitrogens with two attached hydrogens (primary N) is 1. The van der Waals surface area contributed by atoms with E-state index in [2.05, 4.69) is 4.98 Å². The summed E-state index contributed by atoms with van der Waals surface area (Å²) in [6.45, 7) is 0. The molecule has 3 aromatic rings. The number of anilines is 1. The highest BCUT2D eigenvalue weighted by Gasteiger charge is 2.10. The van der Waals surface area contributed by atoms with E-state index in [1.807, 2.05) is 0 Å². The zero-order valence-corrected chi connectivity index (χ0v) is 8.85. The van der Waals surface area contributed by atoms with Crippen LogP contribution < -0.4 is 5.73 Å². The molecule has 4 heteroatoms. The molecule has 0 fully saturated rings. The Bertz CT molecular complexity index is 691. The average Bonchev–Trinajstić information content (AvgIpc) is 2.74. The van der Waals surface area contributed by atoms with E-state index in [-0.39, 0.29) is 11.4 Å². The van der Waals surface area contributed by atoms with Gasteiger partial charge in [0.1, 0.15) is 5.69 Å². The monoisotopic (exact) mass is 228 g/mol. The van der Waals surface area contributed by atoms with Crippen molar-refractivity contribution < 1.29 is 8.81 Å². The van der Waals surface area contributed by atoms with Gasteiger partial charge in [-0.2, -0.15) is 0 Å². The third-order valence-corrected chi connectivity index (χ3v) is 2.53. The van der Waals surface area contributed by atoms with Gasteiger partial charge in [-0.3, -0.25) is 4.98 Å². The van der Waals surface area contributed by atoms with Gasteiger partial charge in [0, 0.05) is 17.3 Å². The van der Waals surface area contributed by atoms with Crippen molar-refractivity contribution in [1.29, 1.82) is 0 Å². The number of nitrogens with zero attached hydrogens (tertiary/aromatic N) is 1. The largest absolute Gasteiger partial charge is 0.451 e. The van der Waals surface area contributed by atoms with E-state index in [1.54, 1.807) is 36.5 Å². The normalized spacial score (nSPS) is 10.9. The van der Waals surface area contributed by atoms with E-state index in [0.29, 0.717) is 22.5 Å². The zero-order valence-electron chi connectivity index (χ0n) is 8.85. The van der Waals surface area contributed by atoms with Crippen LogP contribution in [0.15, 0.2) is 47.0 Å². The topological polar surface area (TPSA) is 52.0 Å². The van der Waals surface area contributed by atoms with Gasteiger partial charge < -0.3 is 10.2 Å². The highest BCUT2D eigenvalue weighted by atomic mass is 19.1. The Morgan fingerprint density at radius 1 is 1.18 bits per heavy atom. The lowest BCUT2D eigenvalue weighted by Gasteiger charge is -1.96. The van der Waals surface area contributed by atoms with Crippen LogP contribution in [0.3, 0.4) is 0 Å². The number of pyridine rings is 1. The Morgan fingerprint density at radius 2 is 2.06 bits per heavy atom. The second-order valence-corrected chi connectivity index (χ2v) is 3.74. The van der Waals surface area contributed by atoms with Gasteiger partial charge in [0.15, 0.2) is 17.2 Å². The number of hydrogen-bond acceptors (Lipinski definition) is 3. The van der Waals surface area contributed by atoms with Crippen LogP contribution in [0, 0.1) is 5.82 Å². The predicted molar refractivity (Wildman–Crippen MR) is 63.8 cm³/mol. The van der Waals surface area contributed by atoms with Gasteiger partial charge in [0.25, 0.3) is 0 Å². The minimum absolute atomic E-state index is 0.242. The Morgan fingerprint density at radius 3 is 2.82 bits per heavy atom. The lowest BCUT2D eigenvalue weighted by molar-refractivity contribution is 0.567. The van der Waals surface area contributed by atoms with Crippen molar-refractivity contribution in [3.05, 3.63) is 48.4 Å². The Hall–Kier alpha value is -2.36. The molecule has 0 unspecified atom stereocenters. The molecule has 0 aliphatic carbocycles. The highest BCUT2D eigenvalue weighted by molar-refractivity contribution is 5.82. The summed E-state index contributed by atoms with van der Waals surface area (Å²) in [5.41, 5.74) is 7.10. The fraction of sp³-hybridized carbons (Fsp3) is 0. The third kappa shape index (κ3) is 1.63. The SMILES string of the molecule is Nc1ccnc(-c2cc3cccc(F)c3o2)c1. The molecule has 84 valence electrons. The first kappa shape index (κ1) is 9.84. The van der Waals surface area contributed by atoms with Crippen LogP contribution in [0.25, 0.3) is 22.4 Å². The summed E-state index contributed by atoms with van der Waals surface area (Å²) in [5.74, 6) is 0.134. The van der Waals surface area contributed by atoms with E-state index >= 15 is 0 Å². The van der Waals surface area contributed by atoms with Gasteiger partial charge >= 0.3 is 0 Å². The molecular formula is C13H9FN2O. The summed E-state index contributed by atoms with van der Waals surface area (Å²) in [5, 5.41) is 0.712. The van der Waals surface area contributed by atoms with Crippen LogP contribution >= 0.6 is 0 Å². The van der Waals surface area contributed by atoms with E-state index in [1.165, 1.54) is 6.07 Å². The quantitative estimate of drug-likeness (QED) is 0.695. The predicted octanol–water partition coefficient (Wildman–Crippen LogP) is 3.22. The number of fused-ring (bicyclic) bond motifs is 1. The fourth-order valence-electron chi connectivity index (χ4n) is 1.74. The molecule has 0 aliphatic rings. The summed E-state index contributed by atoms with van der Waals surface area (Å²) in [6, 6.07) is 9.92. The zero-order chi connectivity index (χ0) is 11.8. The van der Waals surface area contributed by atoms with Gasteiger partial charge in [-0.25, -0.2) is 4.39 Å².